The Bertz CT molecular complexity index is 1000. The van der Waals surface area contributed by atoms with Crippen molar-refractivity contribution in [1.29, 1.82) is 0 Å². The zero-order valence-electron chi connectivity index (χ0n) is 15.9. The van der Waals surface area contributed by atoms with E-state index in [9.17, 15) is 18.0 Å². The first kappa shape index (κ1) is 20.0. The number of benzene rings is 2. The minimum Gasteiger partial charge on any atom is -0.338 e. The van der Waals surface area contributed by atoms with Crippen LogP contribution in [0.25, 0.3) is 0 Å². The molecule has 3 rings (SSSR count). The van der Waals surface area contributed by atoms with E-state index in [4.69, 9.17) is 0 Å². The summed E-state index contributed by atoms with van der Waals surface area (Å²) in [5, 5.41) is 2.69. The first-order chi connectivity index (χ1) is 13.3. The van der Waals surface area contributed by atoms with Crippen molar-refractivity contribution in [2.45, 2.75) is 24.3 Å². The maximum Gasteiger partial charge on any atom is 0.255 e. The van der Waals surface area contributed by atoms with Crippen LogP contribution in [-0.2, 0) is 21.4 Å². The molecule has 1 aliphatic rings. The number of likely N-dealkylation sites (tertiary alicyclic amines) is 1. The molecule has 8 heteroatoms. The summed E-state index contributed by atoms with van der Waals surface area (Å²) in [6, 6.07) is 13.3. The number of carbonyl (C=O) groups excluding carboxylic acids is 2. The summed E-state index contributed by atoms with van der Waals surface area (Å²) in [5.41, 5.74) is 1.49. The van der Waals surface area contributed by atoms with Gasteiger partial charge in [0.05, 0.1) is 5.69 Å². The molecule has 148 valence electrons. The molecular weight excluding hydrogens is 378 g/mol. The highest BCUT2D eigenvalue weighted by molar-refractivity contribution is 7.89. The van der Waals surface area contributed by atoms with E-state index in [1.54, 1.807) is 41.3 Å². The lowest BCUT2D eigenvalue weighted by Gasteiger charge is -2.17. The largest absolute Gasteiger partial charge is 0.338 e. The van der Waals surface area contributed by atoms with Gasteiger partial charge in [0.25, 0.3) is 5.91 Å². The van der Waals surface area contributed by atoms with Crippen molar-refractivity contribution in [1.82, 2.24) is 9.21 Å². The van der Waals surface area contributed by atoms with Gasteiger partial charge in [-0.3, -0.25) is 9.59 Å². The third-order valence-corrected chi connectivity index (χ3v) is 6.50. The van der Waals surface area contributed by atoms with E-state index in [0.717, 1.165) is 22.8 Å². The lowest BCUT2D eigenvalue weighted by molar-refractivity contribution is -0.128. The molecule has 7 nitrogen and oxygen atoms in total. The van der Waals surface area contributed by atoms with Gasteiger partial charge in [-0.25, -0.2) is 12.7 Å². The molecule has 1 N–H and O–H groups in total. The van der Waals surface area contributed by atoms with Crippen LogP contribution in [-0.4, -0.2) is 50.1 Å². The number of hydrogen-bond donors (Lipinski definition) is 1. The molecule has 0 spiro atoms. The molecular formula is C20H23N3O4S. The van der Waals surface area contributed by atoms with Crippen LogP contribution >= 0.6 is 0 Å². The van der Waals surface area contributed by atoms with Crippen LogP contribution in [0.2, 0.25) is 0 Å². The molecule has 28 heavy (non-hydrogen) atoms. The number of amides is 2. The van der Waals surface area contributed by atoms with Crippen LogP contribution in [0.1, 0.15) is 28.8 Å². The molecule has 1 aliphatic heterocycles. The van der Waals surface area contributed by atoms with Gasteiger partial charge in [0.2, 0.25) is 15.9 Å². The van der Waals surface area contributed by atoms with Crippen LogP contribution in [0.4, 0.5) is 5.69 Å². The Morgan fingerprint density at radius 1 is 1.14 bits per heavy atom. The zero-order valence-corrected chi connectivity index (χ0v) is 16.7. The quantitative estimate of drug-likeness (QED) is 0.805. The van der Waals surface area contributed by atoms with Crippen molar-refractivity contribution >= 4 is 27.5 Å². The van der Waals surface area contributed by atoms with Crippen LogP contribution in [0, 0.1) is 0 Å². The normalized spacial score (nSPS) is 14.5. The molecule has 2 aromatic carbocycles. The highest BCUT2D eigenvalue weighted by Crippen LogP contribution is 2.24. The third-order valence-electron chi connectivity index (χ3n) is 4.63. The van der Waals surface area contributed by atoms with Crippen molar-refractivity contribution in [2.75, 3.05) is 26.0 Å². The topological polar surface area (TPSA) is 86.8 Å². The van der Waals surface area contributed by atoms with Gasteiger partial charge in [-0.05, 0) is 36.2 Å². The van der Waals surface area contributed by atoms with Gasteiger partial charge in [0, 0.05) is 39.2 Å². The molecule has 0 saturated carbocycles. The minimum absolute atomic E-state index is 0.0344. The average molecular weight is 401 g/mol. The number of hydrogen-bond acceptors (Lipinski definition) is 4. The number of carbonyl (C=O) groups is 2. The van der Waals surface area contributed by atoms with Crippen LogP contribution < -0.4 is 5.32 Å². The smallest absolute Gasteiger partial charge is 0.255 e. The summed E-state index contributed by atoms with van der Waals surface area (Å²) in [5.74, 6) is -0.284. The Morgan fingerprint density at radius 2 is 1.89 bits per heavy atom. The highest BCUT2D eigenvalue weighted by atomic mass is 32.2. The number of sulfonamides is 1. The summed E-state index contributed by atoms with van der Waals surface area (Å²) in [6.45, 7) is 1.19. The van der Waals surface area contributed by atoms with Gasteiger partial charge >= 0.3 is 0 Å². The van der Waals surface area contributed by atoms with Gasteiger partial charge in [-0.2, -0.15) is 0 Å². The average Bonchev–Trinajstić information content (AvgIpc) is 3.06. The van der Waals surface area contributed by atoms with E-state index < -0.39 is 15.9 Å². The molecule has 0 radical (unpaired) electrons. The van der Waals surface area contributed by atoms with Gasteiger partial charge in [-0.1, -0.05) is 24.3 Å². The Hall–Kier alpha value is -2.71. The Morgan fingerprint density at radius 3 is 2.57 bits per heavy atom. The van der Waals surface area contributed by atoms with E-state index >= 15 is 0 Å². The summed E-state index contributed by atoms with van der Waals surface area (Å²) >= 11 is 0. The number of nitrogens with zero attached hydrogens (tertiary/aromatic N) is 2. The first-order valence-electron chi connectivity index (χ1n) is 8.98. The van der Waals surface area contributed by atoms with Crippen molar-refractivity contribution in [2.24, 2.45) is 0 Å². The number of para-hydroxylation sites is 1. The number of anilines is 1. The molecule has 1 heterocycles. The molecule has 0 aliphatic carbocycles. The first-order valence-corrected chi connectivity index (χ1v) is 10.4. The van der Waals surface area contributed by atoms with Crippen molar-refractivity contribution in [3.63, 3.8) is 0 Å². The van der Waals surface area contributed by atoms with E-state index in [1.165, 1.54) is 20.2 Å². The van der Waals surface area contributed by atoms with Crippen molar-refractivity contribution in [3.8, 4) is 0 Å². The second-order valence-corrected chi connectivity index (χ2v) is 8.98. The van der Waals surface area contributed by atoms with Gasteiger partial charge in [-0.15, -0.1) is 0 Å². The Labute approximate surface area is 165 Å². The fraction of sp³-hybridized carbons (Fsp3) is 0.300. The SMILES string of the molecule is CN(C)S(=O)(=O)c1ccccc1NC(=O)c1cccc(CN2CCCC2=O)c1. The summed E-state index contributed by atoms with van der Waals surface area (Å²) in [7, 11) is -0.808. The monoisotopic (exact) mass is 401 g/mol. The van der Waals surface area contributed by atoms with Crippen LogP contribution in [0.5, 0.6) is 0 Å². The van der Waals surface area contributed by atoms with Gasteiger partial charge in [0.15, 0.2) is 0 Å². The highest BCUT2D eigenvalue weighted by Gasteiger charge is 2.23. The van der Waals surface area contributed by atoms with Gasteiger partial charge < -0.3 is 10.2 Å². The Balaban J connectivity index is 1.81. The fourth-order valence-corrected chi connectivity index (χ4v) is 4.13. The van der Waals surface area contributed by atoms with Crippen molar-refractivity contribution in [3.05, 3.63) is 59.7 Å². The van der Waals surface area contributed by atoms with Gasteiger partial charge in [0.1, 0.15) is 4.90 Å². The minimum atomic E-state index is -3.69. The predicted octanol–water partition coefficient (Wildman–Crippen LogP) is 2.31. The molecule has 0 atom stereocenters. The lowest BCUT2D eigenvalue weighted by Crippen LogP contribution is -2.25. The second-order valence-electron chi connectivity index (χ2n) is 6.86. The van der Waals surface area contributed by atoms with E-state index in [-0.39, 0.29) is 16.5 Å². The molecule has 1 saturated heterocycles. The molecule has 2 aromatic rings. The maximum absolute atomic E-state index is 12.7. The Kier molecular flexibility index (Phi) is 5.81. The maximum atomic E-state index is 12.7. The molecule has 2 amide bonds. The lowest BCUT2D eigenvalue weighted by atomic mass is 10.1. The second kappa shape index (κ2) is 8.12. The molecule has 0 aromatic heterocycles. The summed E-state index contributed by atoms with van der Waals surface area (Å²) in [4.78, 5) is 26.3. The van der Waals surface area contributed by atoms with Crippen LogP contribution in [0.15, 0.2) is 53.4 Å². The van der Waals surface area contributed by atoms with Crippen LogP contribution in [0.3, 0.4) is 0 Å². The number of nitrogens with one attached hydrogen (secondary N) is 1. The predicted molar refractivity (Wildman–Crippen MR) is 106 cm³/mol. The number of rotatable bonds is 6. The fourth-order valence-electron chi connectivity index (χ4n) is 3.09. The summed E-state index contributed by atoms with van der Waals surface area (Å²) < 4.78 is 26.1. The van der Waals surface area contributed by atoms with E-state index in [0.29, 0.717) is 18.5 Å². The zero-order chi connectivity index (χ0) is 20.3. The summed E-state index contributed by atoms with van der Waals surface area (Å²) in [6.07, 6.45) is 1.42. The molecule has 1 fully saturated rings. The molecule has 0 unspecified atom stereocenters. The molecule has 0 bridgehead atoms. The van der Waals surface area contributed by atoms with Crippen molar-refractivity contribution < 1.29 is 18.0 Å². The van der Waals surface area contributed by atoms with E-state index in [1.807, 2.05) is 6.07 Å². The standard InChI is InChI=1S/C20H23N3O4S/c1-22(2)28(26,27)18-10-4-3-9-17(18)21-20(25)16-8-5-7-15(13-16)14-23-12-6-11-19(23)24/h3-5,7-10,13H,6,11-12,14H2,1-2H3,(H,21,25). The van der Waals surface area contributed by atoms with E-state index in [2.05, 4.69) is 5.32 Å². The third kappa shape index (κ3) is 4.23.